The molecule has 268 valence electrons. The predicted molar refractivity (Wildman–Crippen MR) is 176 cm³/mol. The van der Waals surface area contributed by atoms with E-state index in [1.54, 1.807) is 26.0 Å². The van der Waals surface area contributed by atoms with Crippen molar-refractivity contribution in [1.29, 1.82) is 0 Å². The van der Waals surface area contributed by atoms with Gasteiger partial charge in [0.05, 0.1) is 56.2 Å². The van der Waals surface area contributed by atoms with Gasteiger partial charge in [-0.15, -0.1) is 6.58 Å². The molecule has 0 aliphatic carbocycles. The summed E-state index contributed by atoms with van der Waals surface area (Å²) in [7, 11) is 1.30. The highest BCUT2D eigenvalue weighted by Gasteiger charge is 2.56. The van der Waals surface area contributed by atoms with Crippen LogP contribution in [-0.4, -0.2) is 109 Å². The first-order valence-electron chi connectivity index (χ1n) is 17.2. The van der Waals surface area contributed by atoms with Crippen LogP contribution in [0.1, 0.15) is 85.0 Å². The molecular formula is C35H53BO12. The summed E-state index contributed by atoms with van der Waals surface area (Å²) in [6.45, 7) is 8.23. The maximum absolute atomic E-state index is 12.9. The third-order valence-corrected chi connectivity index (χ3v) is 10.1. The summed E-state index contributed by atoms with van der Waals surface area (Å²) in [5, 5.41) is 33.6. The first-order chi connectivity index (χ1) is 22.7. The second kappa shape index (κ2) is 16.9. The van der Waals surface area contributed by atoms with Crippen molar-refractivity contribution in [2.24, 2.45) is 5.41 Å². The number of aliphatic hydroxyl groups excluding tert-OH is 2. The summed E-state index contributed by atoms with van der Waals surface area (Å²) in [4.78, 5) is 37.8. The van der Waals surface area contributed by atoms with Crippen molar-refractivity contribution in [2.45, 2.75) is 145 Å². The van der Waals surface area contributed by atoms with Gasteiger partial charge in [-0.25, -0.2) is 4.79 Å². The molecule has 0 aromatic rings. The Morgan fingerprint density at radius 2 is 1.79 bits per heavy atom. The molecule has 10 atom stereocenters. The quantitative estimate of drug-likeness (QED) is 0.128. The fraction of sp³-hybridized carbons (Fsp3) is 0.743. The van der Waals surface area contributed by atoms with Crippen molar-refractivity contribution in [3.05, 3.63) is 36.5 Å². The molecule has 0 amide bonds. The van der Waals surface area contributed by atoms with Crippen molar-refractivity contribution in [3.63, 3.8) is 0 Å². The van der Waals surface area contributed by atoms with Crippen LogP contribution in [0, 0.1) is 5.41 Å². The Morgan fingerprint density at radius 3 is 2.46 bits per heavy atom. The van der Waals surface area contributed by atoms with E-state index in [0.29, 0.717) is 24.8 Å². The number of carbonyl (C=O) groups excluding carboxylic acids is 3. The van der Waals surface area contributed by atoms with Crippen LogP contribution in [-0.2, 0) is 42.8 Å². The Hall–Kier alpha value is -2.55. The van der Waals surface area contributed by atoms with Crippen LogP contribution >= 0.6 is 0 Å². The zero-order valence-electron chi connectivity index (χ0n) is 28.7. The van der Waals surface area contributed by atoms with E-state index in [0.717, 1.165) is 19.3 Å². The Kier molecular flexibility index (Phi) is 13.5. The van der Waals surface area contributed by atoms with E-state index in [1.807, 2.05) is 6.08 Å². The second-order valence-electron chi connectivity index (χ2n) is 14.3. The number of methoxy groups -OCH3 is 1. The summed E-state index contributed by atoms with van der Waals surface area (Å²) in [6, 6.07) is 0. The topological polar surface area (TPSA) is 167 Å². The van der Waals surface area contributed by atoms with E-state index >= 15 is 0 Å². The number of cyclic esters (lactones) is 1. The lowest BCUT2D eigenvalue weighted by molar-refractivity contribution is -0.227. The zero-order chi connectivity index (χ0) is 35.1. The van der Waals surface area contributed by atoms with Gasteiger partial charge in [0.1, 0.15) is 12.2 Å². The molecule has 4 aliphatic rings. The van der Waals surface area contributed by atoms with E-state index in [9.17, 15) is 29.7 Å². The number of hydrogen-bond acceptors (Lipinski definition) is 12. The molecule has 0 saturated carbocycles. The minimum Gasteiger partial charge on any atom is -0.466 e. The van der Waals surface area contributed by atoms with E-state index in [4.69, 9.17) is 28.4 Å². The van der Waals surface area contributed by atoms with Gasteiger partial charge in [-0.1, -0.05) is 31.8 Å². The van der Waals surface area contributed by atoms with E-state index < -0.39 is 65.8 Å². The zero-order valence-corrected chi connectivity index (χ0v) is 28.7. The number of aliphatic hydroxyl groups is 3. The largest absolute Gasteiger partial charge is 0.466 e. The highest BCUT2D eigenvalue weighted by atomic mass is 16.7. The summed E-state index contributed by atoms with van der Waals surface area (Å²) in [5.74, 6) is -2.40. The van der Waals surface area contributed by atoms with Crippen molar-refractivity contribution >= 4 is 25.2 Å². The first kappa shape index (κ1) is 38.3. The number of hydrogen-bond donors (Lipinski definition) is 3. The summed E-state index contributed by atoms with van der Waals surface area (Å²) in [5.41, 5.74) is -2.52. The van der Waals surface area contributed by atoms with Gasteiger partial charge in [0.2, 0.25) is 0 Å². The molecule has 5 unspecified atom stereocenters. The molecule has 13 heteroatoms. The molecule has 0 aromatic heterocycles. The molecule has 3 saturated heterocycles. The van der Waals surface area contributed by atoms with Gasteiger partial charge >= 0.3 is 17.9 Å². The highest BCUT2D eigenvalue weighted by molar-refractivity contribution is 6.43. The molecule has 0 spiro atoms. The average Bonchev–Trinajstić information content (AvgIpc) is 3.01. The maximum atomic E-state index is 12.9. The molecule has 48 heavy (non-hydrogen) atoms. The Balaban J connectivity index is 1.74. The molecule has 0 aromatic carbocycles. The van der Waals surface area contributed by atoms with Gasteiger partial charge in [-0.05, 0) is 50.2 Å². The fourth-order valence-corrected chi connectivity index (χ4v) is 7.64. The van der Waals surface area contributed by atoms with Crippen LogP contribution in [0.15, 0.2) is 36.5 Å². The van der Waals surface area contributed by atoms with E-state index in [1.165, 1.54) is 20.1 Å². The average molecular weight is 677 g/mol. The van der Waals surface area contributed by atoms with Crippen LogP contribution in [0.25, 0.3) is 0 Å². The standard InChI is InChI=1S/C35H53BO12/c1-6-8-25-18-28-19-27-10-7-9-26(45-27)16-24(39)17-31(41)46-29(20-37)15-23-13-22(14-30(40)43-5)33(44-21(2)38)35(42,36-23)34(3,4)12-11-32(47-25)48-28/h6,11-12,14,23-29,32-33,36-37,39,42H,1,7-10,13,15-20H2,2-5H3/b12-11+,22-14+/t23?,24-,25+,26+,27-,28?,29?,32?,33+,35?/m1/s1. The van der Waals surface area contributed by atoms with Crippen molar-refractivity contribution in [3.8, 4) is 0 Å². The van der Waals surface area contributed by atoms with Crippen molar-refractivity contribution in [1.82, 2.24) is 0 Å². The van der Waals surface area contributed by atoms with Gasteiger partial charge in [-0.2, -0.15) is 0 Å². The Labute approximate surface area is 284 Å². The third-order valence-electron chi connectivity index (χ3n) is 10.1. The summed E-state index contributed by atoms with van der Waals surface area (Å²) >= 11 is 0. The number of rotatable bonds is 5. The molecule has 4 rings (SSSR count). The highest BCUT2D eigenvalue weighted by Crippen LogP contribution is 2.48. The number of carbonyl (C=O) groups is 3. The monoisotopic (exact) mass is 676 g/mol. The smallest absolute Gasteiger partial charge is 0.330 e. The Morgan fingerprint density at radius 1 is 1.06 bits per heavy atom. The Bertz CT molecular complexity index is 1200. The molecule has 4 aliphatic heterocycles. The van der Waals surface area contributed by atoms with Gasteiger partial charge in [0.25, 0.3) is 0 Å². The number of esters is 3. The van der Waals surface area contributed by atoms with E-state index in [2.05, 4.69) is 6.58 Å². The van der Waals surface area contributed by atoms with Gasteiger partial charge in [0, 0.05) is 37.7 Å². The third kappa shape index (κ3) is 10.0. The minimum absolute atomic E-state index is 0.0757. The minimum atomic E-state index is -1.77. The summed E-state index contributed by atoms with van der Waals surface area (Å²) in [6.07, 6.45) is 6.86. The van der Waals surface area contributed by atoms with Crippen LogP contribution < -0.4 is 0 Å². The maximum Gasteiger partial charge on any atom is 0.330 e. The summed E-state index contributed by atoms with van der Waals surface area (Å²) < 4.78 is 35.3. The molecule has 3 fully saturated rings. The van der Waals surface area contributed by atoms with Crippen LogP contribution in [0.3, 0.4) is 0 Å². The van der Waals surface area contributed by atoms with Crippen molar-refractivity contribution < 1.29 is 58.1 Å². The lowest BCUT2D eigenvalue weighted by Gasteiger charge is -2.51. The molecule has 4 heterocycles. The lowest BCUT2D eigenvalue weighted by Crippen LogP contribution is -2.63. The van der Waals surface area contributed by atoms with Gasteiger partial charge in [0.15, 0.2) is 13.6 Å². The van der Waals surface area contributed by atoms with Gasteiger partial charge < -0.3 is 43.7 Å². The first-order valence-corrected chi connectivity index (χ1v) is 17.2. The molecular weight excluding hydrogens is 623 g/mol. The number of ether oxygens (including phenoxy) is 6. The molecule has 0 radical (unpaired) electrons. The van der Waals surface area contributed by atoms with Crippen LogP contribution in [0.5, 0.6) is 0 Å². The van der Waals surface area contributed by atoms with Crippen LogP contribution in [0.2, 0.25) is 5.82 Å². The second-order valence-corrected chi connectivity index (χ2v) is 14.3. The van der Waals surface area contributed by atoms with Crippen LogP contribution in [0.4, 0.5) is 0 Å². The lowest BCUT2D eigenvalue weighted by atomic mass is 9.37. The van der Waals surface area contributed by atoms with Gasteiger partial charge in [-0.3, -0.25) is 9.59 Å². The molecule has 6 bridgehead atoms. The SMILES string of the molecule is C=CC[C@H]1CC2C[C@H]3CCC[C@@H](C[C@@H](O)CC(=O)OC(CO)CC4BC(O)([C@@H](OC(C)=O)/C(=C/C(=O)OC)C4)C(C)(C)/C=C/C(O2)O1)O3. The molecule has 3 N–H and O–H groups in total. The molecule has 12 nitrogen and oxygen atoms in total. The number of fused-ring (bicyclic) bond motifs is 6. The predicted octanol–water partition coefficient (Wildman–Crippen LogP) is 2.77. The fourth-order valence-electron chi connectivity index (χ4n) is 7.64. The van der Waals surface area contributed by atoms with Crippen molar-refractivity contribution in [2.75, 3.05) is 13.7 Å². The van der Waals surface area contributed by atoms with E-state index in [-0.39, 0.29) is 57.4 Å². The normalized spacial score (nSPS) is 39.2.